The highest BCUT2D eigenvalue weighted by atomic mass is 35.5. The zero-order valence-corrected chi connectivity index (χ0v) is 19.0. The first-order chi connectivity index (χ1) is 15.7. The summed E-state index contributed by atoms with van der Waals surface area (Å²) in [5, 5.41) is -0.0821. The fourth-order valence-electron chi connectivity index (χ4n) is 3.47. The van der Waals surface area contributed by atoms with Crippen molar-refractivity contribution in [3.05, 3.63) is 52.7 Å². The first kappa shape index (κ1) is 24.8. The number of nitrogens with zero attached hydrogens (tertiary/aromatic N) is 3. The topological polar surface area (TPSA) is 62.7 Å². The normalized spacial score (nSPS) is 14.3. The Labute approximate surface area is 195 Å². The van der Waals surface area contributed by atoms with Gasteiger partial charge >= 0.3 is 6.18 Å². The third kappa shape index (κ3) is 6.60. The Bertz CT molecular complexity index is 975. The predicted molar refractivity (Wildman–Crippen MR) is 119 cm³/mol. The fourth-order valence-corrected chi connectivity index (χ4v) is 3.75. The molecule has 1 aliphatic rings. The lowest BCUT2D eigenvalue weighted by atomic mass is 10.1. The fraction of sp³-hybridized carbons (Fsp3) is 0.435. The summed E-state index contributed by atoms with van der Waals surface area (Å²) in [5.74, 6) is 0.699. The Morgan fingerprint density at radius 1 is 1.09 bits per heavy atom. The van der Waals surface area contributed by atoms with Crippen LogP contribution >= 0.6 is 11.6 Å². The number of carbonyl (C=O) groups excluding carboxylic acids is 2. The summed E-state index contributed by atoms with van der Waals surface area (Å²) < 4.78 is 43.9. The summed E-state index contributed by atoms with van der Waals surface area (Å²) in [7, 11) is 0. The van der Waals surface area contributed by atoms with Crippen molar-refractivity contribution in [2.24, 2.45) is 0 Å². The van der Waals surface area contributed by atoms with Crippen molar-refractivity contribution in [2.75, 3.05) is 37.7 Å². The largest absolute Gasteiger partial charge is 0.494 e. The molecule has 178 valence electrons. The van der Waals surface area contributed by atoms with Gasteiger partial charge in [0.2, 0.25) is 5.91 Å². The number of hydrogen-bond acceptors (Lipinski definition) is 5. The monoisotopic (exact) mass is 483 g/mol. The highest BCUT2D eigenvalue weighted by molar-refractivity contribution is 6.33. The summed E-state index contributed by atoms with van der Waals surface area (Å²) in [4.78, 5) is 32.2. The van der Waals surface area contributed by atoms with Crippen LogP contribution in [0, 0.1) is 0 Å². The number of piperazine rings is 1. The maximum atomic E-state index is 12.8. The molecule has 1 saturated heterocycles. The lowest BCUT2D eigenvalue weighted by Gasteiger charge is -2.35. The van der Waals surface area contributed by atoms with Crippen LogP contribution in [-0.4, -0.2) is 54.4 Å². The third-order valence-electron chi connectivity index (χ3n) is 5.30. The zero-order chi connectivity index (χ0) is 24.0. The standard InChI is InChI=1S/C23H25ClF3N3O3/c1-2-13-33-18-5-3-16(4-6-18)20(31)7-8-21(32)29-9-11-30(12-10-29)22-19(24)14-17(15-28-22)23(25,26)27/h3-6,14-15H,2,7-13H2,1H3. The van der Waals surface area contributed by atoms with Gasteiger partial charge in [-0.1, -0.05) is 18.5 Å². The van der Waals surface area contributed by atoms with Gasteiger partial charge in [-0.05, 0) is 36.8 Å². The Kier molecular flexibility index (Phi) is 8.18. The molecule has 1 aromatic carbocycles. The molecule has 0 radical (unpaired) electrons. The van der Waals surface area contributed by atoms with Crippen LogP contribution in [0.2, 0.25) is 5.02 Å². The van der Waals surface area contributed by atoms with E-state index in [0.717, 1.165) is 18.7 Å². The molecular formula is C23H25ClF3N3O3. The first-order valence-corrected chi connectivity index (χ1v) is 11.1. The average molecular weight is 484 g/mol. The Hall–Kier alpha value is -2.81. The van der Waals surface area contributed by atoms with Crippen LogP contribution in [0.5, 0.6) is 5.75 Å². The van der Waals surface area contributed by atoms with Gasteiger partial charge in [-0.15, -0.1) is 0 Å². The molecule has 1 amide bonds. The second-order valence-electron chi connectivity index (χ2n) is 7.69. The van der Waals surface area contributed by atoms with Gasteiger partial charge in [0.25, 0.3) is 0 Å². The molecule has 3 rings (SSSR count). The minimum atomic E-state index is -4.51. The van der Waals surface area contributed by atoms with Gasteiger partial charge in [0.05, 0.1) is 17.2 Å². The predicted octanol–water partition coefficient (Wildman–Crippen LogP) is 4.85. The second kappa shape index (κ2) is 10.9. The van der Waals surface area contributed by atoms with E-state index in [0.29, 0.717) is 44.1 Å². The maximum absolute atomic E-state index is 12.8. The van der Waals surface area contributed by atoms with Crippen molar-refractivity contribution < 1.29 is 27.5 Å². The quantitative estimate of drug-likeness (QED) is 0.502. The summed E-state index contributed by atoms with van der Waals surface area (Å²) >= 11 is 6.02. The van der Waals surface area contributed by atoms with E-state index in [9.17, 15) is 22.8 Å². The number of rotatable bonds is 8. The molecule has 0 bridgehead atoms. The number of anilines is 1. The Morgan fingerprint density at radius 3 is 2.33 bits per heavy atom. The molecule has 1 aromatic heterocycles. The number of pyridine rings is 1. The van der Waals surface area contributed by atoms with Crippen LogP contribution in [-0.2, 0) is 11.0 Å². The van der Waals surface area contributed by atoms with E-state index < -0.39 is 11.7 Å². The lowest BCUT2D eigenvalue weighted by Crippen LogP contribution is -2.49. The molecule has 0 N–H and O–H groups in total. The van der Waals surface area contributed by atoms with Crippen molar-refractivity contribution in [3.8, 4) is 5.75 Å². The van der Waals surface area contributed by atoms with Crippen LogP contribution in [0.25, 0.3) is 0 Å². The van der Waals surface area contributed by atoms with Crippen molar-refractivity contribution in [1.29, 1.82) is 0 Å². The van der Waals surface area contributed by atoms with E-state index in [1.165, 1.54) is 0 Å². The average Bonchev–Trinajstić information content (AvgIpc) is 2.81. The van der Waals surface area contributed by atoms with Crippen LogP contribution in [0.4, 0.5) is 19.0 Å². The molecular weight excluding hydrogens is 459 g/mol. The molecule has 0 spiro atoms. The Morgan fingerprint density at radius 2 is 1.76 bits per heavy atom. The highest BCUT2D eigenvalue weighted by Gasteiger charge is 2.32. The number of aromatic nitrogens is 1. The minimum Gasteiger partial charge on any atom is -0.494 e. The number of Topliss-reactive ketones (excluding diaryl/α,β-unsaturated/α-hetero) is 1. The molecule has 2 aromatic rings. The molecule has 1 fully saturated rings. The van der Waals surface area contributed by atoms with E-state index in [2.05, 4.69) is 4.98 Å². The van der Waals surface area contributed by atoms with E-state index in [-0.39, 0.29) is 35.4 Å². The molecule has 6 nitrogen and oxygen atoms in total. The summed E-state index contributed by atoms with van der Waals surface area (Å²) in [6.07, 6.45) is -2.67. The molecule has 33 heavy (non-hydrogen) atoms. The van der Waals surface area contributed by atoms with Crippen molar-refractivity contribution in [1.82, 2.24) is 9.88 Å². The molecule has 0 saturated carbocycles. The molecule has 0 aliphatic carbocycles. The Balaban J connectivity index is 1.48. The number of ketones is 1. The molecule has 10 heteroatoms. The van der Waals surface area contributed by atoms with E-state index in [4.69, 9.17) is 16.3 Å². The van der Waals surface area contributed by atoms with Gasteiger partial charge in [-0.2, -0.15) is 13.2 Å². The third-order valence-corrected chi connectivity index (χ3v) is 5.57. The number of benzene rings is 1. The first-order valence-electron chi connectivity index (χ1n) is 10.7. The highest BCUT2D eigenvalue weighted by Crippen LogP contribution is 2.33. The number of alkyl halides is 3. The van der Waals surface area contributed by atoms with Crippen molar-refractivity contribution >= 4 is 29.1 Å². The zero-order valence-electron chi connectivity index (χ0n) is 18.2. The molecule has 0 unspecified atom stereocenters. The molecule has 0 atom stereocenters. The summed E-state index contributed by atoms with van der Waals surface area (Å²) in [5.41, 5.74) is -0.377. The van der Waals surface area contributed by atoms with Gasteiger partial charge in [0.15, 0.2) is 5.78 Å². The summed E-state index contributed by atoms with van der Waals surface area (Å²) in [6.45, 7) is 4.13. The van der Waals surface area contributed by atoms with E-state index >= 15 is 0 Å². The van der Waals surface area contributed by atoms with Crippen molar-refractivity contribution in [2.45, 2.75) is 32.4 Å². The smallest absolute Gasteiger partial charge is 0.417 e. The van der Waals surface area contributed by atoms with Gasteiger partial charge in [0.1, 0.15) is 11.6 Å². The van der Waals surface area contributed by atoms with Crippen molar-refractivity contribution in [3.63, 3.8) is 0 Å². The summed E-state index contributed by atoms with van der Waals surface area (Å²) in [6, 6.07) is 7.72. The van der Waals surface area contributed by atoms with Gasteiger partial charge < -0.3 is 14.5 Å². The minimum absolute atomic E-state index is 0.0821. The van der Waals surface area contributed by atoms with Crippen LogP contribution < -0.4 is 9.64 Å². The second-order valence-corrected chi connectivity index (χ2v) is 8.10. The van der Waals surface area contributed by atoms with Gasteiger partial charge in [0, 0.05) is 50.8 Å². The number of ether oxygens (including phenoxy) is 1. The number of amides is 1. The van der Waals surface area contributed by atoms with Gasteiger partial charge in [-0.3, -0.25) is 9.59 Å². The van der Waals surface area contributed by atoms with Crippen LogP contribution in [0.3, 0.4) is 0 Å². The number of carbonyl (C=O) groups is 2. The van der Waals surface area contributed by atoms with Crippen LogP contribution in [0.1, 0.15) is 42.1 Å². The SMILES string of the molecule is CCCOc1ccc(C(=O)CCC(=O)N2CCN(c3ncc(C(F)(F)F)cc3Cl)CC2)cc1. The van der Waals surface area contributed by atoms with E-state index in [1.54, 1.807) is 34.1 Å². The molecule has 2 heterocycles. The lowest BCUT2D eigenvalue weighted by molar-refractivity contribution is -0.137. The number of halogens is 4. The van der Waals surface area contributed by atoms with Crippen LogP contribution in [0.15, 0.2) is 36.5 Å². The number of hydrogen-bond donors (Lipinski definition) is 0. The maximum Gasteiger partial charge on any atom is 0.417 e. The molecule has 1 aliphatic heterocycles. The van der Waals surface area contributed by atoms with Gasteiger partial charge in [-0.25, -0.2) is 4.98 Å². The van der Waals surface area contributed by atoms with E-state index in [1.807, 2.05) is 6.92 Å².